The maximum Gasteiger partial charge on any atom is 0.321 e. The fourth-order valence-electron chi connectivity index (χ4n) is 1.06. The van der Waals surface area contributed by atoms with Crippen LogP contribution in [0.25, 0.3) is 0 Å². The largest absolute Gasteiger partial charge is 0.497 e. The highest BCUT2D eigenvalue weighted by molar-refractivity contribution is 6.29. The monoisotopic (exact) mass is 214 g/mol. The second kappa shape index (κ2) is 4.86. The summed E-state index contributed by atoms with van der Waals surface area (Å²) in [4.78, 5) is 10.5. The fraction of sp³-hybridized carbons (Fsp3) is 0.300. The lowest BCUT2D eigenvalue weighted by Gasteiger charge is -2.05. The van der Waals surface area contributed by atoms with Crippen molar-refractivity contribution in [2.45, 2.75) is 11.8 Å². The molecule has 0 aliphatic rings. The number of ether oxygens (including phenoxy) is 1. The summed E-state index contributed by atoms with van der Waals surface area (Å²) in [6.07, 6.45) is 0.320. The lowest BCUT2D eigenvalue weighted by atomic mass is 10.1. The lowest BCUT2D eigenvalue weighted by molar-refractivity contribution is -0.136. The molecule has 0 fully saturated rings. The van der Waals surface area contributed by atoms with Crippen LogP contribution in [-0.4, -0.2) is 23.6 Å². The van der Waals surface area contributed by atoms with Crippen LogP contribution in [0.1, 0.15) is 5.56 Å². The number of halogens is 1. The van der Waals surface area contributed by atoms with Gasteiger partial charge in [0, 0.05) is 0 Å². The predicted molar refractivity (Wildman–Crippen MR) is 54.0 cm³/mol. The van der Waals surface area contributed by atoms with E-state index in [2.05, 4.69) is 0 Å². The number of hydrogen-bond acceptors (Lipinski definition) is 2. The van der Waals surface area contributed by atoms with Gasteiger partial charge in [0.1, 0.15) is 11.1 Å². The van der Waals surface area contributed by atoms with Gasteiger partial charge in [-0.3, -0.25) is 4.79 Å². The number of benzene rings is 1. The van der Waals surface area contributed by atoms with Crippen LogP contribution in [0.15, 0.2) is 24.3 Å². The van der Waals surface area contributed by atoms with E-state index in [1.54, 1.807) is 31.4 Å². The maximum atomic E-state index is 10.5. The van der Waals surface area contributed by atoms with Gasteiger partial charge in [-0.1, -0.05) is 12.1 Å². The molecule has 0 aliphatic heterocycles. The molecule has 0 spiro atoms. The van der Waals surface area contributed by atoms with E-state index in [9.17, 15) is 4.79 Å². The Hall–Kier alpha value is -1.22. The van der Waals surface area contributed by atoms with Crippen molar-refractivity contribution in [1.82, 2.24) is 0 Å². The van der Waals surface area contributed by atoms with Crippen LogP contribution in [0.5, 0.6) is 5.75 Å². The van der Waals surface area contributed by atoms with E-state index in [0.717, 1.165) is 11.3 Å². The number of hydrogen-bond donors (Lipinski definition) is 1. The van der Waals surface area contributed by atoms with E-state index < -0.39 is 11.3 Å². The zero-order valence-corrected chi connectivity index (χ0v) is 8.49. The summed E-state index contributed by atoms with van der Waals surface area (Å²) in [5.74, 6) is -0.252. The first-order valence-corrected chi connectivity index (χ1v) is 4.57. The normalized spacial score (nSPS) is 12.1. The van der Waals surface area contributed by atoms with Crippen LogP contribution in [0, 0.1) is 0 Å². The number of carbonyl (C=O) groups is 1. The Kier molecular flexibility index (Phi) is 3.77. The Morgan fingerprint density at radius 2 is 2.07 bits per heavy atom. The molecule has 1 N–H and O–H groups in total. The molecule has 3 nitrogen and oxygen atoms in total. The van der Waals surface area contributed by atoms with E-state index in [-0.39, 0.29) is 0 Å². The van der Waals surface area contributed by atoms with E-state index in [0.29, 0.717) is 6.42 Å². The summed E-state index contributed by atoms with van der Waals surface area (Å²) in [6.45, 7) is 0. The Morgan fingerprint density at radius 1 is 1.50 bits per heavy atom. The summed E-state index contributed by atoms with van der Waals surface area (Å²) in [5.41, 5.74) is 0.883. The fourth-order valence-corrected chi connectivity index (χ4v) is 1.23. The average Bonchev–Trinajstić information content (AvgIpc) is 2.19. The molecule has 0 aliphatic carbocycles. The average molecular weight is 215 g/mol. The van der Waals surface area contributed by atoms with Crippen molar-refractivity contribution in [3.05, 3.63) is 29.8 Å². The molecule has 4 heteroatoms. The molecule has 76 valence electrons. The summed E-state index contributed by atoms with van der Waals surface area (Å²) >= 11 is 5.59. The van der Waals surface area contributed by atoms with Crippen LogP contribution >= 0.6 is 11.6 Å². The molecule has 0 aromatic heterocycles. The Morgan fingerprint density at radius 3 is 2.50 bits per heavy atom. The third kappa shape index (κ3) is 2.92. The van der Waals surface area contributed by atoms with Crippen LogP contribution < -0.4 is 4.74 Å². The number of rotatable bonds is 4. The van der Waals surface area contributed by atoms with Crippen LogP contribution in [-0.2, 0) is 11.2 Å². The molecule has 1 atom stereocenters. The van der Waals surface area contributed by atoms with Gasteiger partial charge in [0.15, 0.2) is 0 Å². The van der Waals surface area contributed by atoms with Crippen LogP contribution in [0.3, 0.4) is 0 Å². The van der Waals surface area contributed by atoms with E-state index in [4.69, 9.17) is 21.4 Å². The highest BCUT2D eigenvalue weighted by Crippen LogP contribution is 2.14. The van der Waals surface area contributed by atoms with Gasteiger partial charge in [0.25, 0.3) is 0 Å². The molecule has 0 heterocycles. The smallest absolute Gasteiger partial charge is 0.321 e. The summed E-state index contributed by atoms with van der Waals surface area (Å²) in [6, 6.07) is 7.16. The summed E-state index contributed by atoms with van der Waals surface area (Å²) in [5, 5.41) is 7.72. The standard InChI is InChI=1S/C10H11ClO3/c1-14-8-4-2-7(3-5-8)6-9(11)10(12)13/h2-5,9H,6H2,1H3,(H,12,13)/t9-/m1/s1. The number of carboxylic acids is 1. The second-order valence-corrected chi connectivity index (χ2v) is 3.38. The van der Waals surface area contributed by atoms with E-state index in [1.165, 1.54) is 0 Å². The molecule has 1 rings (SSSR count). The first kappa shape index (κ1) is 10.9. The molecule has 0 radical (unpaired) electrons. The molecule has 0 saturated heterocycles. The minimum atomic E-state index is -0.998. The topological polar surface area (TPSA) is 46.5 Å². The van der Waals surface area contributed by atoms with Gasteiger partial charge < -0.3 is 9.84 Å². The predicted octanol–water partition coefficient (Wildman–Crippen LogP) is 1.93. The van der Waals surface area contributed by atoms with Crippen molar-refractivity contribution in [3.8, 4) is 5.75 Å². The lowest BCUT2D eigenvalue weighted by Crippen LogP contribution is -2.15. The SMILES string of the molecule is COc1ccc(C[C@@H](Cl)C(=O)O)cc1. The maximum absolute atomic E-state index is 10.5. The van der Waals surface area contributed by atoms with E-state index >= 15 is 0 Å². The second-order valence-electron chi connectivity index (χ2n) is 2.86. The third-order valence-electron chi connectivity index (χ3n) is 1.84. The Bertz CT molecular complexity index is 308. The number of carboxylic acid groups (broad SMARTS) is 1. The molecule has 14 heavy (non-hydrogen) atoms. The zero-order chi connectivity index (χ0) is 10.6. The Balaban J connectivity index is 2.64. The molecule has 0 amide bonds. The number of aliphatic carboxylic acids is 1. The summed E-state index contributed by atoms with van der Waals surface area (Å²) in [7, 11) is 1.58. The van der Waals surface area contributed by atoms with E-state index in [1.807, 2.05) is 0 Å². The van der Waals surface area contributed by atoms with Gasteiger partial charge in [-0.2, -0.15) is 0 Å². The van der Waals surface area contributed by atoms with Gasteiger partial charge in [-0.25, -0.2) is 0 Å². The minimum Gasteiger partial charge on any atom is -0.497 e. The van der Waals surface area contributed by atoms with Crippen molar-refractivity contribution in [2.75, 3.05) is 7.11 Å². The molecule has 0 bridgehead atoms. The molecule has 0 unspecified atom stereocenters. The summed E-state index contributed by atoms with van der Waals surface area (Å²) < 4.78 is 4.97. The highest BCUT2D eigenvalue weighted by Gasteiger charge is 2.13. The molecule has 1 aromatic carbocycles. The number of alkyl halides is 1. The van der Waals surface area contributed by atoms with Gasteiger partial charge >= 0.3 is 5.97 Å². The molecule has 0 saturated carbocycles. The zero-order valence-electron chi connectivity index (χ0n) is 7.74. The van der Waals surface area contributed by atoms with Crippen molar-refractivity contribution in [1.29, 1.82) is 0 Å². The van der Waals surface area contributed by atoms with Crippen LogP contribution in [0.4, 0.5) is 0 Å². The highest BCUT2D eigenvalue weighted by atomic mass is 35.5. The van der Waals surface area contributed by atoms with Crippen molar-refractivity contribution >= 4 is 17.6 Å². The minimum absolute atomic E-state index is 0.320. The first-order chi connectivity index (χ1) is 6.63. The van der Waals surface area contributed by atoms with Crippen molar-refractivity contribution in [2.24, 2.45) is 0 Å². The van der Waals surface area contributed by atoms with Crippen molar-refractivity contribution < 1.29 is 14.6 Å². The molecule has 1 aromatic rings. The van der Waals surface area contributed by atoms with Gasteiger partial charge in [-0.05, 0) is 24.1 Å². The third-order valence-corrected chi connectivity index (χ3v) is 2.18. The number of methoxy groups -OCH3 is 1. The van der Waals surface area contributed by atoms with Crippen molar-refractivity contribution in [3.63, 3.8) is 0 Å². The Labute approximate surface area is 87.3 Å². The quantitative estimate of drug-likeness (QED) is 0.780. The first-order valence-electron chi connectivity index (χ1n) is 4.13. The van der Waals surface area contributed by atoms with Gasteiger partial charge in [0.05, 0.1) is 7.11 Å². The molecular formula is C10H11ClO3. The van der Waals surface area contributed by atoms with Gasteiger partial charge in [-0.15, -0.1) is 11.6 Å². The van der Waals surface area contributed by atoms with Crippen LogP contribution in [0.2, 0.25) is 0 Å². The molecular weight excluding hydrogens is 204 g/mol. The van der Waals surface area contributed by atoms with Gasteiger partial charge in [0.2, 0.25) is 0 Å².